The summed E-state index contributed by atoms with van der Waals surface area (Å²) in [4.78, 5) is 26.4. The van der Waals surface area contributed by atoms with Gasteiger partial charge in [0, 0.05) is 25.7 Å². The van der Waals surface area contributed by atoms with Crippen molar-refractivity contribution >= 4 is 11.9 Å². The summed E-state index contributed by atoms with van der Waals surface area (Å²) < 4.78 is 39.8. The molecule has 6 nitrogen and oxygen atoms in total. The molecule has 136 valence electrons. The second-order valence-electron chi connectivity index (χ2n) is 6.20. The van der Waals surface area contributed by atoms with E-state index < -0.39 is 35.8 Å². The van der Waals surface area contributed by atoms with E-state index in [9.17, 15) is 27.9 Å². The van der Waals surface area contributed by atoms with Gasteiger partial charge in [-0.1, -0.05) is 18.2 Å². The van der Waals surface area contributed by atoms with E-state index in [-0.39, 0.29) is 31.6 Å². The molecule has 2 heterocycles. The van der Waals surface area contributed by atoms with E-state index in [2.05, 4.69) is 5.32 Å². The Kier molecular flexibility index (Phi) is 4.70. The molecule has 0 saturated carbocycles. The standard InChI is InChI=1S/C16H18F3N3O3/c17-16(18,19)12-4-2-1-3-11(12)13-7-10(23)8-21(13)9-14(24)22-6-5-20-15(22)25/h1-4,10,13,23H,5-9H2,(H,20,25). The van der Waals surface area contributed by atoms with Crippen LogP contribution in [0.5, 0.6) is 0 Å². The fourth-order valence-electron chi connectivity index (χ4n) is 3.39. The number of rotatable bonds is 3. The molecule has 0 aromatic heterocycles. The molecule has 0 aliphatic carbocycles. The maximum Gasteiger partial charge on any atom is 0.416 e. The molecule has 2 aliphatic rings. The van der Waals surface area contributed by atoms with Crippen molar-refractivity contribution in [2.45, 2.75) is 24.7 Å². The Morgan fingerprint density at radius 2 is 2.04 bits per heavy atom. The van der Waals surface area contributed by atoms with Crippen molar-refractivity contribution in [3.63, 3.8) is 0 Å². The lowest BCUT2D eigenvalue weighted by molar-refractivity contribution is -0.138. The lowest BCUT2D eigenvalue weighted by Crippen LogP contribution is -2.42. The summed E-state index contributed by atoms with van der Waals surface area (Å²) in [6, 6.07) is 3.93. The van der Waals surface area contributed by atoms with Gasteiger partial charge in [-0.25, -0.2) is 4.79 Å². The van der Waals surface area contributed by atoms with Gasteiger partial charge >= 0.3 is 12.2 Å². The molecular formula is C16H18F3N3O3. The summed E-state index contributed by atoms with van der Waals surface area (Å²) >= 11 is 0. The molecule has 0 bridgehead atoms. The van der Waals surface area contributed by atoms with E-state index in [1.165, 1.54) is 23.1 Å². The number of β-amino-alcohol motifs (C(OH)–C–C–N with tert-alkyl or cyclic N) is 1. The van der Waals surface area contributed by atoms with Gasteiger partial charge in [-0.2, -0.15) is 13.2 Å². The SMILES string of the molecule is O=C(CN1CC(O)CC1c1ccccc1C(F)(F)F)N1CCNC1=O. The number of imide groups is 1. The highest BCUT2D eigenvalue weighted by Gasteiger charge is 2.41. The van der Waals surface area contributed by atoms with Crippen LogP contribution in [0.4, 0.5) is 18.0 Å². The first-order valence-electron chi connectivity index (χ1n) is 7.94. The average Bonchev–Trinajstić information content (AvgIpc) is 3.12. The maximum atomic E-state index is 13.3. The van der Waals surface area contributed by atoms with Crippen molar-refractivity contribution in [1.82, 2.24) is 15.1 Å². The highest BCUT2D eigenvalue weighted by molar-refractivity contribution is 5.96. The number of halogens is 3. The van der Waals surface area contributed by atoms with Crippen LogP contribution in [0.1, 0.15) is 23.6 Å². The molecule has 9 heteroatoms. The van der Waals surface area contributed by atoms with Crippen molar-refractivity contribution in [1.29, 1.82) is 0 Å². The molecule has 2 saturated heterocycles. The highest BCUT2D eigenvalue weighted by Crippen LogP contribution is 2.40. The predicted molar refractivity (Wildman–Crippen MR) is 81.5 cm³/mol. The average molecular weight is 357 g/mol. The number of urea groups is 1. The lowest BCUT2D eigenvalue weighted by Gasteiger charge is -2.27. The molecule has 25 heavy (non-hydrogen) atoms. The Bertz CT molecular complexity index is 680. The van der Waals surface area contributed by atoms with E-state index in [0.29, 0.717) is 6.54 Å². The number of aliphatic hydroxyl groups is 1. The molecule has 3 amide bonds. The van der Waals surface area contributed by atoms with E-state index in [1.54, 1.807) is 0 Å². The molecular weight excluding hydrogens is 339 g/mol. The lowest BCUT2D eigenvalue weighted by atomic mass is 9.97. The second kappa shape index (κ2) is 6.64. The number of benzene rings is 1. The van der Waals surface area contributed by atoms with Crippen molar-refractivity contribution in [2.24, 2.45) is 0 Å². The number of likely N-dealkylation sites (tertiary alicyclic amines) is 1. The van der Waals surface area contributed by atoms with Crippen LogP contribution in [0.2, 0.25) is 0 Å². The summed E-state index contributed by atoms with van der Waals surface area (Å²) in [5, 5.41) is 12.4. The first-order chi connectivity index (χ1) is 11.8. The fourth-order valence-corrected chi connectivity index (χ4v) is 3.39. The summed E-state index contributed by atoms with van der Waals surface area (Å²) in [5.41, 5.74) is -0.740. The van der Waals surface area contributed by atoms with Crippen LogP contribution in [0, 0.1) is 0 Å². The molecule has 0 radical (unpaired) electrons. The van der Waals surface area contributed by atoms with Gasteiger partial charge < -0.3 is 10.4 Å². The van der Waals surface area contributed by atoms with Gasteiger partial charge in [-0.3, -0.25) is 14.6 Å². The minimum absolute atomic E-state index is 0.0326. The van der Waals surface area contributed by atoms with E-state index in [4.69, 9.17) is 0 Å². The predicted octanol–water partition coefficient (Wildman–Crippen LogP) is 1.36. The van der Waals surface area contributed by atoms with Gasteiger partial charge in [0.25, 0.3) is 0 Å². The zero-order valence-electron chi connectivity index (χ0n) is 13.3. The van der Waals surface area contributed by atoms with Crippen molar-refractivity contribution in [3.8, 4) is 0 Å². The quantitative estimate of drug-likeness (QED) is 0.857. The van der Waals surface area contributed by atoms with Crippen molar-refractivity contribution < 1.29 is 27.9 Å². The third-order valence-electron chi connectivity index (χ3n) is 4.50. The largest absolute Gasteiger partial charge is 0.416 e. The fraction of sp³-hybridized carbons (Fsp3) is 0.500. The number of carbonyl (C=O) groups excluding carboxylic acids is 2. The number of hydrogen-bond acceptors (Lipinski definition) is 4. The molecule has 1 aromatic carbocycles. The van der Waals surface area contributed by atoms with Crippen molar-refractivity contribution in [3.05, 3.63) is 35.4 Å². The number of alkyl halides is 3. The van der Waals surface area contributed by atoms with Gasteiger partial charge in [0.05, 0.1) is 18.2 Å². The van der Waals surface area contributed by atoms with Gasteiger partial charge in [0.2, 0.25) is 5.91 Å². The van der Waals surface area contributed by atoms with Crippen LogP contribution in [0.15, 0.2) is 24.3 Å². The minimum Gasteiger partial charge on any atom is -0.392 e. The first kappa shape index (κ1) is 17.7. The molecule has 2 unspecified atom stereocenters. The third-order valence-corrected chi connectivity index (χ3v) is 4.50. The summed E-state index contributed by atoms with van der Waals surface area (Å²) in [6.07, 6.45) is -5.24. The molecule has 2 N–H and O–H groups in total. The Labute approximate surface area is 142 Å². The summed E-state index contributed by atoms with van der Waals surface area (Å²) in [5.74, 6) is -0.487. The Balaban J connectivity index is 1.83. The number of carbonyl (C=O) groups is 2. The van der Waals surface area contributed by atoms with Crippen LogP contribution >= 0.6 is 0 Å². The zero-order chi connectivity index (χ0) is 18.2. The van der Waals surface area contributed by atoms with Crippen LogP contribution in [-0.4, -0.2) is 59.1 Å². The van der Waals surface area contributed by atoms with E-state index in [0.717, 1.165) is 11.0 Å². The summed E-state index contributed by atoms with van der Waals surface area (Å²) in [6.45, 7) is 0.449. The van der Waals surface area contributed by atoms with Gasteiger partial charge in [-0.05, 0) is 18.1 Å². The van der Waals surface area contributed by atoms with E-state index in [1.807, 2.05) is 0 Å². The van der Waals surface area contributed by atoms with Crippen LogP contribution in [0.25, 0.3) is 0 Å². The smallest absolute Gasteiger partial charge is 0.392 e. The first-order valence-corrected chi connectivity index (χ1v) is 7.94. The number of amides is 3. The molecule has 2 atom stereocenters. The van der Waals surface area contributed by atoms with Gasteiger partial charge in [0.1, 0.15) is 0 Å². The van der Waals surface area contributed by atoms with Crippen LogP contribution in [-0.2, 0) is 11.0 Å². The van der Waals surface area contributed by atoms with Crippen LogP contribution in [0.3, 0.4) is 0 Å². The maximum absolute atomic E-state index is 13.3. The molecule has 3 rings (SSSR count). The minimum atomic E-state index is -4.52. The molecule has 2 fully saturated rings. The number of aliphatic hydroxyl groups excluding tert-OH is 1. The second-order valence-corrected chi connectivity index (χ2v) is 6.20. The highest BCUT2D eigenvalue weighted by atomic mass is 19.4. The van der Waals surface area contributed by atoms with Crippen LogP contribution < -0.4 is 5.32 Å². The number of nitrogens with zero attached hydrogens (tertiary/aromatic N) is 2. The Morgan fingerprint density at radius 1 is 1.32 bits per heavy atom. The molecule has 1 aromatic rings. The van der Waals surface area contributed by atoms with E-state index >= 15 is 0 Å². The number of hydrogen-bond donors (Lipinski definition) is 2. The molecule has 2 aliphatic heterocycles. The van der Waals surface area contributed by atoms with Gasteiger partial charge in [-0.15, -0.1) is 0 Å². The normalized spacial score (nSPS) is 24.6. The number of nitrogens with one attached hydrogen (secondary N) is 1. The molecule has 0 spiro atoms. The monoisotopic (exact) mass is 357 g/mol. The zero-order valence-corrected chi connectivity index (χ0v) is 13.3. The summed E-state index contributed by atoms with van der Waals surface area (Å²) in [7, 11) is 0. The third kappa shape index (κ3) is 3.62. The Hall–Kier alpha value is -2.13. The Morgan fingerprint density at radius 3 is 2.68 bits per heavy atom. The van der Waals surface area contributed by atoms with Gasteiger partial charge in [0.15, 0.2) is 0 Å². The van der Waals surface area contributed by atoms with Crippen molar-refractivity contribution in [2.75, 3.05) is 26.2 Å². The topological polar surface area (TPSA) is 72.9 Å².